The van der Waals surface area contributed by atoms with Gasteiger partial charge in [-0.05, 0) is 19.4 Å². The molecule has 0 aliphatic carbocycles. The Balaban J connectivity index is 2.14. The summed E-state index contributed by atoms with van der Waals surface area (Å²) in [5.74, 6) is 0. The van der Waals surface area contributed by atoms with E-state index in [1.54, 1.807) is 11.3 Å². The first-order chi connectivity index (χ1) is 6.24. The van der Waals surface area contributed by atoms with E-state index in [0.717, 1.165) is 11.6 Å². The van der Waals surface area contributed by atoms with E-state index in [4.69, 9.17) is 0 Å². The molecular weight excluding hydrogens is 182 g/mol. The van der Waals surface area contributed by atoms with Crippen molar-refractivity contribution in [3.63, 3.8) is 0 Å². The lowest BCUT2D eigenvalue weighted by atomic mass is 10.4. The van der Waals surface area contributed by atoms with Crippen LogP contribution in [0.15, 0.2) is 18.6 Å². The molecule has 0 atom stereocenters. The number of rotatable bonds is 2. The molecule has 68 valence electrons. The number of aryl methyl sites for hydroxylation is 2. The molecule has 0 aromatic carbocycles. The van der Waals surface area contributed by atoms with Gasteiger partial charge in [-0.3, -0.25) is 4.68 Å². The van der Waals surface area contributed by atoms with Crippen LogP contribution in [0.2, 0.25) is 0 Å². The Morgan fingerprint density at radius 3 is 2.77 bits per heavy atom. The molecule has 2 aromatic rings. The van der Waals surface area contributed by atoms with E-state index in [1.165, 1.54) is 10.4 Å². The minimum absolute atomic E-state index is 0.784. The molecule has 0 unspecified atom stereocenters. The molecular formula is C9H11N3S. The van der Waals surface area contributed by atoms with Crippen molar-refractivity contribution in [1.82, 2.24) is 14.8 Å². The lowest BCUT2D eigenvalue weighted by Gasteiger charge is -1.95. The molecule has 4 heteroatoms. The lowest BCUT2D eigenvalue weighted by Crippen LogP contribution is -1.98. The lowest BCUT2D eigenvalue weighted by molar-refractivity contribution is 0.683. The van der Waals surface area contributed by atoms with Crippen molar-refractivity contribution in [2.24, 2.45) is 0 Å². The van der Waals surface area contributed by atoms with E-state index in [1.807, 2.05) is 30.2 Å². The zero-order valence-corrected chi connectivity index (χ0v) is 8.51. The van der Waals surface area contributed by atoms with Gasteiger partial charge in [0.15, 0.2) is 0 Å². The second-order valence-electron chi connectivity index (χ2n) is 3.08. The smallest absolute Gasteiger partial charge is 0.114 e. The Kier molecular flexibility index (Phi) is 2.14. The monoisotopic (exact) mass is 193 g/mol. The molecule has 0 fully saturated rings. The number of nitrogens with zero attached hydrogens (tertiary/aromatic N) is 3. The van der Waals surface area contributed by atoms with Gasteiger partial charge in [0, 0.05) is 17.3 Å². The molecule has 0 radical (unpaired) electrons. The van der Waals surface area contributed by atoms with Crippen LogP contribution >= 0.6 is 11.3 Å². The maximum Gasteiger partial charge on any atom is 0.114 e. The molecule has 0 saturated carbocycles. The molecule has 2 rings (SSSR count). The Morgan fingerprint density at radius 2 is 2.23 bits per heavy atom. The fourth-order valence-corrected chi connectivity index (χ4v) is 1.95. The van der Waals surface area contributed by atoms with E-state index >= 15 is 0 Å². The molecule has 0 saturated heterocycles. The minimum atomic E-state index is 0.784. The van der Waals surface area contributed by atoms with E-state index in [-0.39, 0.29) is 0 Å². The Hall–Kier alpha value is -1.16. The van der Waals surface area contributed by atoms with Gasteiger partial charge in [0.05, 0.1) is 12.7 Å². The zero-order valence-electron chi connectivity index (χ0n) is 7.69. The normalized spacial score (nSPS) is 10.6. The highest BCUT2D eigenvalue weighted by molar-refractivity contribution is 7.11. The van der Waals surface area contributed by atoms with Crippen molar-refractivity contribution < 1.29 is 0 Å². The second-order valence-corrected chi connectivity index (χ2v) is 4.40. The third kappa shape index (κ3) is 1.95. The van der Waals surface area contributed by atoms with Crippen LogP contribution in [0.3, 0.4) is 0 Å². The summed E-state index contributed by atoms with van der Waals surface area (Å²) in [7, 11) is 0. The van der Waals surface area contributed by atoms with Gasteiger partial charge in [0.2, 0.25) is 0 Å². The van der Waals surface area contributed by atoms with E-state index in [2.05, 4.69) is 17.0 Å². The minimum Gasteiger partial charge on any atom is -0.266 e. The summed E-state index contributed by atoms with van der Waals surface area (Å²) in [6, 6.07) is 0. The maximum atomic E-state index is 4.28. The summed E-state index contributed by atoms with van der Waals surface area (Å²) >= 11 is 1.72. The predicted octanol–water partition coefficient (Wildman–Crippen LogP) is 2.00. The summed E-state index contributed by atoms with van der Waals surface area (Å²) in [6.07, 6.45) is 5.79. The van der Waals surface area contributed by atoms with E-state index < -0.39 is 0 Å². The van der Waals surface area contributed by atoms with Crippen LogP contribution in [0.4, 0.5) is 0 Å². The molecule has 0 N–H and O–H groups in total. The summed E-state index contributed by atoms with van der Waals surface area (Å²) in [4.78, 5) is 5.53. The molecule has 2 aromatic heterocycles. The average molecular weight is 193 g/mol. The fraction of sp³-hybridized carbons (Fsp3) is 0.333. The van der Waals surface area contributed by atoms with Gasteiger partial charge in [-0.2, -0.15) is 5.10 Å². The Morgan fingerprint density at radius 1 is 1.38 bits per heavy atom. The molecule has 0 amide bonds. The highest BCUT2D eigenvalue weighted by Crippen LogP contribution is 2.12. The van der Waals surface area contributed by atoms with Gasteiger partial charge >= 0.3 is 0 Å². The van der Waals surface area contributed by atoms with Crippen LogP contribution in [0.25, 0.3) is 0 Å². The molecule has 0 spiro atoms. The summed E-state index contributed by atoms with van der Waals surface area (Å²) < 4.78 is 1.91. The standard InChI is InChI=1S/C9H11N3S/c1-7-3-11-12(5-7)6-9-10-4-8(2)13-9/h3-5H,6H2,1-2H3. The van der Waals surface area contributed by atoms with Crippen molar-refractivity contribution >= 4 is 11.3 Å². The van der Waals surface area contributed by atoms with E-state index in [9.17, 15) is 0 Å². The molecule has 2 heterocycles. The van der Waals surface area contributed by atoms with Gasteiger partial charge in [0.1, 0.15) is 5.01 Å². The van der Waals surface area contributed by atoms with Crippen LogP contribution in [0.1, 0.15) is 15.4 Å². The van der Waals surface area contributed by atoms with Gasteiger partial charge in [-0.25, -0.2) is 4.98 Å². The number of hydrogen-bond donors (Lipinski definition) is 0. The van der Waals surface area contributed by atoms with Gasteiger partial charge in [0.25, 0.3) is 0 Å². The molecule has 0 aliphatic heterocycles. The van der Waals surface area contributed by atoms with Crippen LogP contribution < -0.4 is 0 Å². The first kappa shape index (κ1) is 8.44. The van der Waals surface area contributed by atoms with Crippen molar-refractivity contribution in [2.75, 3.05) is 0 Å². The summed E-state index contributed by atoms with van der Waals surface area (Å²) in [5.41, 5.74) is 1.19. The Bertz CT molecular complexity index is 364. The molecule has 0 bridgehead atoms. The average Bonchev–Trinajstić information content (AvgIpc) is 2.62. The topological polar surface area (TPSA) is 30.7 Å². The van der Waals surface area contributed by atoms with Gasteiger partial charge in [-0.1, -0.05) is 0 Å². The van der Waals surface area contributed by atoms with Gasteiger partial charge in [-0.15, -0.1) is 11.3 Å². The largest absolute Gasteiger partial charge is 0.266 e. The van der Waals surface area contributed by atoms with Crippen molar-refractivity contribution in [1.29, 1.82) is 0 Å². The highest BCUT2D eigenvalue weighted by atomic mass is 32.1. The first-order valence-electron chi connectivity index (χ1n) is 4.14. The van der Waals surface area contributed by atoms with Crippen molar-refractivity contribution in [3.05, 3.63) is 34.0 Å². The van der Waals surface area contributed by atoms with Crippen LogP contribution in [0.5, 0.6) is 0 Å². The molecule has 0 aliphatic rings. The summed E-state index contributed by atoms with van der Waals surface area (Å²) in [5, 5.41) is 5.32. The zero-order chi connectivity index (χ0) is 9.26. The van der Waals surface area contributed by atoms with Gasteiger partial charge < -0.3 is 0 Å². The van der Waals surface area contributed by atoms with Crippen molar-refractivity contribution in [3.8, 4) is 0 Å². The maximum absolute atomic E-state index is 4.28. The number of hydrogen-bond acceptors (Lipinski definition) is 3. The SMILES string of the molecule is Cc1cnn(Cc2ncc(C)s2)c1. The highest BCUT2D eigenvalue weighted by Gasteiger charge is 2.00. The Labute approximate surface area is 81.1 Å². The number of thiazole rings is 1. The summed E-state index contributed by atoms with van der Waals surface area (Å²) in [6.45, 7) is 4.89. The van der Waals surface area contributed by atoms with Crippen LogP contribution in [-0.2, 0) is 6.54 Å². The van der Waals surface area contributed by atoms with E-state index in [0.29, 0.717) is 0 Å². The van der Waals surface area contributed by atoms with Crippen LogP contribution in [-0.4, -0.2) is 14.8 Å². The van der Waals surface area contributed by atoms with Crippen LogP contribution in [0, 0.1) is 13.8 Å². The van der Waals surface area contributed by atoms with Crippen molar-refractivity contribution in [2.45, 2.75) is 20.4 Å². The third-order valence-corrected chi connectivity index (χ3v) is 2.63. The first-order valence-corrected chi connectivity index (χ1v) is 4.96. The quantitative estimate of drug-likeness (QED) is 0.730. The third-order valence-electron chi connectivity index (χ3n) is 1.73. The number of aromatic nitrogens is 3. The molecule has 3 nitrogen and oxygen atoms in total. The fourth-order valence-electron chi connectivity index (χ4n) is 1.17. The predicted molar refractivity (Wildman–Crippen MR) is 52.9 cm³/mol. The second kappa shape index (κ2) is 3.30. The molecule has 13 heavy (non-hydrogen) atoms.